The monoisotopic (exact) mass is 113 g/mol. The molecule has 0 bridgehead atoms. The number of rotatable bonds is 0. The van der Waals surface area contributed by atoms with Crippen LogP contribution in [0, 0.1) is 0 Å². The summed E-state index contributed by atoms with van der Waals surface area (Å²) >= 11 is 1.39. The summed E-state index contributed by atoms with van der Waals surface area (Å²) < 4.78 is 5.64. The van der Waals surface area contributed by atoms with Gasteiger partial charge in [0.05, 0.1) is 17.8 Å². The molecule has 2 nitrogen and oxygen atoms in total. The molecule has 1 heterocycles. The van der Waals surface area contributed by atoms with E-state index in [0.29, 0.717) is 0 Å². The minimum Gasteiger partial charge on any atom is -0.192 e. The van der Waals surface area contributed by atoms with Crippen molar-refractivity contribution < 1.29 is 4.58 Å². The average molecular weight is 113 g/mol. The van der Waals surface area contributed by atoms with Crippen LogP contribution in [-0.4, -0.2) is 23.0 Å². The van der Waals surface area contributed by atoms with Crippen LogP contribution in [0.5, 0.6) is 0 Å². The molecule has 0 amide bonds. The minimum atomic E-state index is 1.39. The van der Waals surface area contributed by atoms with Gasteiger partial charge in [-0.3, -0.25) is 0 Å². The van der Waals surface area contributed by atoms with Gasteiger partial charge < -0.3 is 0 Å². The molecule has 0 aromatic rings. The second kappa shape index (κ2) is 1.96. The molecule has 0 fully saturated rings. The first kappa shape index (κ1) is 4.62. The van der Waals surface area contributed by atoms with E-state index in [1.807, 2.05) is 17.2 Å². The van der Waals surface area contributed by atoms with Gasteiger partial charge >= 0.3 is 0 Å². The molecule has 1 aliphatic rings. The average Bonchev–Trinajstić information content (AvgIpc) is 1.69. The largest absolute Gasteiger partial charge is 0.232 e. The van der Waals surface area contributed by atoms with Gasteiger partial charge in [-0.2, -0.15) is 8.97 Å². The standard InChI is InChI=1S/C4H5N2S/c1-6-3-2-5-7-4-6/h3-4H,1H3/q+1. The fourth-order valence-corrected chi connectivity index (χ4v) is 0.638. The van der Waals surface area contributed by atoms with Crippen molar-refractivity contribution in [3.63, 3.8) is 0 Å². The maximum atomic E-state index is 3.74. The third-order valence-electron chi connectivity index (χ3n) is 0.580. The highest BCUT2D eigenvalue weighted by Crippen LogP contribution is 1.95. The summed E-state index contributed by atoms with van der Waals surface area (Å²) in [6.45, 7) is 0. The van der Waals surface area contributed by atoms with Crippen LogP contribution in [-0.2, 0) is 0 Å². The van der Waals surface area contributed by atoms with Gasteiger partial charge in [0.15, 0.2) is 0 Å². The van der Waals surface area contributed by atoms with Gasteiger partial charge in [0, 0.05) is 0 Å². The Labute approximate surface area is 46.4 Å². The zero-order chi connectivity index (χ0) is 5.11. The van der Waals surface area contributed by atoms with E-state index < -0.39 is 0 Å². The SMILES string of the molecule is C[N+]1=CSN=C=C1. The molecule has 0 radical (unpaired) electrons. The Hall–Kier alpha value is -0.530. The van der Waals surface area contributed by atoms with E-state index in [-0.39, 0.29) is 0 Å². The van der Waals surface area contributed by atoms with Crippen molar-refractivity contribution in [3.8, 4) is 0 Å². The lowest BCUT2D eigenvalue weighted by molar-refractivity contribution is -0.411. The fraction of sp³-hybridized carbons (Fsp3) is 0.250. The topological polar surface area (TPSA) is 15.4 Å². The van der Waals surface area contributed by atoms with Crippen LogP contribution >= 0.6 is 11.9 Å². The summed E-state index contributed by atoms with van der Waals surface area (Å²) in [5.41, 5.74) is 1.90. The van der Waals surface area contributed by atoms with Crippen LogP contribution < -0.4 is 0 Å². The molecule has 0 saturated heterocycles. The van der Waals surface area contributed by atoms with Crippen molar-refractivity contribution in [2.24, 2.45) is 4.40 Å². The van der Waals surface area contributed by atoms with Crippen LogP contribution in [0.15, 0.2) is 10.6 Å². The Kier molecular flexibility index (Phi) is 1.29. The van der Waals surface area contributed by atoms with Gasteiger partial charge in [-0.25, -0.2) is 0 Å². The van der Waals surface area contributed by atoms with Gasteiger partial charge in [0.25, 0.3) is 0 Å². The fourth-order valence-electron chi connectivity index (χ4n) is 0.273. The van der Waals surface area contributed by atoms with E-state index in [1.54, 1.807) is 6.20 Å². The van der Waals surface area contributed by atoms with E-state index in [0.717, 1.165) is 0 Å². The quantitative estimate of drug-likeness (QED) is 0.330. The summed E-state index contributed by atoms with van der Waals surface area (Å²) in [5, 5.41) is 0. The molecule has 0 aromatic heterocycles. The number of hydrogen-bond donors (Lipinski definition) is 0. The maximum absolute atomic E-state index is 3.74. The molecule has 0 spiro atoms. The Morgan fingerprint density at radius 1 is 1.86 bits per heavy atom. The van der Waals surface area contributed by atoms with Gasteiger partial charge in [0.1, 0.15) is 7.05 Å². The molecule has 1 rings (SSSR count). The normalized spacial score (nSPS) is 17.0. The van der Waals surface area contributed by atoms with Crippen LogP contribution in [0.3, 0.4) is 0 Å². The van der Waals surface area contributed by atoms with E-state index in [1.165, 1.54) is 11.9 Å². The second-order valence-corrected chi connectivity index (χ2v) is 1.83. The minimum absolute atomic E-state index is 1.39. The van der Waals surface area contributed by atoms with Crippen molar-refractivity contribution in [2.75, 3.05) is 7.05 Å². The summed E-state index contributed by atoms with van der Waals surface area (Å²) in [6, 6.07) is 0. The highest BCUT2D eigenvalue weighted by molar-refractivity contribution is 8.10. The Morgan fingerprint density at radius 2 is 2.71 bits per heavy atom. The van der Waals surface area contributed by atoms with Gasteiger partial charge in [-0.05, 0) is 0 Å². The first-order valence-electron chi connectivity index (χ1n) is 1.89. The molecule has 7 heavy (non-hydrogen) atoms. The van der Waals surface area contributed by atoms with Crippen molar-refractivity contribution in [1.29, 1.82) is 0 Å². The Balaban J connectivity index is 2.82. The third-order valence-corrected chi connectivity index (χ3v) is 1.22. The highest BCUT2D eigenvalue weighted by atomic mass is 32.2. The van der Waals surface area contributed by atoms with Crippen molar-refractivity contribution in [2.45, 2.75) is 0 Å². The molecule has 0 N–H and O–H groups in total. The van der Waals surface area contributed by atoms with Gasteiger partial charge in [-0.15, -0.1) is 0 Å². The lowest BCUT2D eigenvalue weighted by Crippen LogP contribution is -1.96. The summed E-state index contributed by atoms with van der Waals surface area (Å²) in [4.78, 5) is 0. The summed E-state index contributed by atoms with van der Waals surface area (Å²) in [7, 11) is 1.94. The van der Waals surface area contributed by atoms with Crippen LogP contribution in [0.25, 0.3) is 0 Å². The summed E-state index contributed by atoms with van der Waals surface area (Å²) in [6.07, 6.45) is 1.77. The van der Waals surface area contributed by atoms with Crippen molar-refractivity contribution in [3.05, 3.63) is 6.20 Å². The molecule has 3 heteroatoms. The van der Waals surface area contributed by atoms with Gasteiger partial charge in [-0.1, -0.05) is 0 Å². The second-order valence-electron chi connectivity index (χ2n) is 1.23. The molecule has 1 aliphatic heterocycles. The summed E-state index contributed by atoms with van der Waals surface area (Å²) in [5.74, 6) is 2.69. The van der Waals surface area contributed by atoms with E-state index >= 15 is 0 Å². The smallest absolute Gasteiger partial charge is 0.192 e. The lowest BCUT2D eigenvalue weighted by Gasteiger charge is -1.82. The first-order valence-corrected chi connectivity index (χ1v) is 2.73. The van der Waals surface area contributed by atoms with Crippen molar-refractivity contribution in [1.82, 2.24) is 0 Å². The Bertz CT molecular complexity index is 153. The van der Waals surface area contributed by atoms with Crippen molar-refractivity contribution >= 4 is 23.4 Å². The predicted octanol–water partition coefficient (Wildman–Crippen LogP) is 0.502. The molecule has 0 aromatic carbocycles. The molecule has 36 valence electrons. The maximum Gasteiger partial charge on any atom is 0.232 e. The predicted molar refractivity (Wildman–Crippen MR) is 31.8 cm³/mol. The van der Waals surface area contributed by atoms with Gasteiger partial charge in [0.2, 0.25) is 11.7 Å². The van der Waals surface area contributed by atoms with E-state index in [2.05, 4.69) is 10.3 Å². The zero-order valence-electron chi connectivity index (χ0n) is 3.96. The molecule has 0 aliphatic carbocycles. The molecule has 0 atom stereocenters. The highest BCUT2D eigenvalue weighted by Gasteiger charge is 1.89. The molecular formula is C4H5N2S+. The van der Waals surface area contributed by atoms with Crippen LogP contribution in [0.4, 0.5) is 0 Å². The Morgan fingerprint density at radius 3 is 3.00 bits per heavy atom. The molecule has 0 unspecified atom stereocenters. The number of hydrogen-bond acceptors (Lipinski definition) is 2. The van der Waals surface area contributed by atoms with E-state index in [4.69, 9.17) is 0 Å². The zero-order valence-corrected chi connectivity index (χ0v) is 4.77. The van der Waals surface area contributed by atoms with Crippen LogP contribution in [0.1, 0.15) is 0 Å². The van der Waals surface area contributed by atoms with Crippen LogP contribution in [0.2, 0.25) is 0 Å². The molecule has 0 saturated carbocycles. The van der Waals surface area contributed by atoms with E-state index in [9.17, 15) is 0 Å². The number of nitrogens with zero attached hydrogens (tertiary/aromatic N) is 2. The third kappa shape index (κ3) is 1.18. The lowest BCUT2D eigenvalue weighted by atomic mass is 10.9. The molecular weight excluding hydrogens is 108 g/mol. The first-order chi connectivity index (χ1) is 3.39.